The maximum absolute atomic E-state index is 5.89. The van der Waals surface area contributed by atoms with E-state index in [0.717, 1.165) is 16.1 Å². The Balaban J connectivity index is 2.22. The van der Waals surface area contributed by atoms with E-state index in [2.05, 4.69) is 11.1 Å². The van der Waals surface area contributed by atoms with Gasteiger partial charge in [-0.05, 0) is 18.4 Å². The standard InChI is InChI=1S/C15H19N3O2S/c1-18(16)12-6-4-7-13(21-3)11(12)10-20-15-9-5-8-14(17-15)19-2/h4-9H,10,16H2,1-3H3. The van der Waals surface area contributed by atoms with Crippen molar-refractivity contribution < 1.29 is 9.47 Å². The number of anilines is 1. The summed E-state index contributed by atoms with van der Waals surface area (Å²) in [6.45, 7) is 0.397. The number of hydrogen-bond donors (Lipinski definition) is 1. The van der Waals surface area contributed by atoms with Crippen LogP contribution in [0.15, 0.2) is 41.3 Å². The van der Waals surface area contributed by atoms with Crippen LogP contribution in [0.2, 0.25) is 0 Å². The van der Waals surface area contributed by atoms with Crippen LogP contribution in [0, 0.1) is 0 Å². The zero-order chi connectivity index (χ0) is 15.2. The summed E-state index contributed by atoms with van der Waals surface area (Å²) >= 11 is 1.66. The van der Waals surface area contributed by atoms with Crippen LogP contribution >= 0.6 is 11.8 Å². The molecule has 0 saturated carbocycles. The lowest BCUT2D eigenvalue weighted by molar-refractivity contribution is 0.285. The summed E-state index contributed by atoms with van der Waals surface area (Å²) in [6, 6.07) is 11.4. The molecule has 0 bridgehead atoms. The summed E-state index contributed by atoms with van der Waals surface area (Å²) in [5.41, 5.74) is 1.98. The summed E-state index contributed by atoms with van der Waals surface area (Å²) in [6.07, 6.45) is 2.03. The molecule has 0 aliphatic heterocycles. The number of aromatic nitrogens is 1. The average molecular weight is 305 g/mol. The van der Waals surface area contributed by atoms with Crippen LogP contribution in [0.5, 0.6) is 11.8 Å². The molecular formula is C15H19N3O2S. The first kappa shape index (κ1) is 15.5. The van der Waals surface area contributed by atoms with Gasteiger partial charge in [-0.2, -0.15) is 4.98 Å². The molecule has 1 aromatic carbocycles. The molecule has 1 heterocycles. The molecule has 0 amide bonds. The third-order valence-electron chi connectivity index (χ3n) is 2.98. The number of hydrazine groups is 1. The lowest BCUT2D eigenvalue weighted by atomic mass is 10.2. The molecule has 0 aliphatic carbocycles. The molecule has 21 heavy (non-hydrogen) atoms. The summed E-state index contributed by atoms with van der Waals surface area (Å²) in [7, 11) is 3.39. The molecule has 5 nitrogen and oxygen atoms in total. The fraction of sp³-hybridized carbons (Fsp3) is 0.267. The highest BCUT2D eigenvalue weighted by Crippen LogP contribution is 2.29. The number of ether oxygens (including phenoxy) is 2. The molecule has 0 fully saturated rings. The van der Waals surface area contributed by atoms with Crippen LogP contribution < -0.4 is 20.3 Å². The molecule has 0 unspecified atom stereocenters. The number of nitrogens with zero attached hydrogens (tertiary/aromatic N) is 2. The molecule has 0 radical (unpaired) electrons. The first-order valence-corrected chi connectivity index (χ1v) is 7.66. The highest BCUT2D eigenvalue weighted by molar-refractivity contribution is 7.98. The maximum atomic E-state index is 5.89. The Morgan fingerprint density at radius 1 is 1.19 bits per heavy atom. The number of nitrogens with two attached hydrogens (primary N) is 1. The summed E-state index contributed by atoms with van der Waals surface area (Å²) in [4.78, 5) is 5.37. The van der Waals surface area contributed by atoms with Crippen molar-refractivity contribution in [2.24, 2.45) is 5.84 Å². The largest absolute Gasteiger partial charge is 0.481 e. The Morgan fingerprint density at radius 3 is 2.57 bits per heavy atom. The molecule has 0 atom stereocenters. The molecule has 0 aliphatic rings. The molecule has 6 heteroatoms. The molecular weight excluding hydrogens is 286 g/mol. The number of methoxy groups -OCH3 is 1. The van der Waals surface area contributed by atoms with E-state index in [1.165, 1.54) is 0 Å². The van der Waals surface area contributed by atoms with E-state index in [-0.39, 0.29) is 0 Å². The quantitative estimate of drug-likeness (QED) is 0.503. The van der Waals surface area contributed by atoms with E-state index in [0.29, 0.717) is 18.4 Å². The fourth-order valence-corrected chi connectivity index (χ4v) is 2.58. The zero-order valence-electron chi connectivity index (χ0n) is 12.4. The van der Waals surface area contributed by atoms with Crippen LogP contribution in [0.3, 0.4) is 0 Å². The van der Waals surface area contributed by atoms with Crippen molar-refractivity contribution in [3.8, 4) is 11.8 Å². The van der Waals surface area contributed by atoms with E-state index >= 15 is 0 Å². The topological polar surface area (TPSA) is 60.6 Å². The molecule has 0 spiro atoms. The SMILES string of the molecule is COc1cccc(OCc2c(SC)cccc2N(C)N)n1. The number of pyridine rings is 1. The fourth-order valence-electron chi connectivity index (χ4n) is 1.96. The Hall–Kier alpha value is -1.92. The van der Waals surface area contributed by atoms with Gasteiger partial charge in [0, 0.05) is 29.6 Å². The van der Waals surface area contributed by atoms with Gasteiger partial charge in [-0.3, -0.25) is 0 Å². The van der Waals surface area contributed by atoms with Crippen LogP contribution in [-0.2, 0) is 6.61 Å². The van der Waals surface area contributed by atoms with Crippen LogP contribution in [0.4, 0.5) is 5.69 Å². The number of benzene rings is 1. The van der Waals surface area contributed by atoms with E-state index < -0.39 is 0 Å². The summed E-state index contributed by atoms with van der Waals surface area (Å²) in [5, 5.41) is 1.59. The lowest BCUT2D eigenvalue weighted by Gasteiger charge is -2.19. The summed E-state index contributed by atoms with van der Waals surface area (Å²) < 4.78 is 10.9. The Labute approximate surface area is 129 Å². The normalized spacial score (nSPS) is 10.3. The van der Waals surface area contributed by atoms with Crippen molar-refractivity contribution in [3.05, 3.63) is 42.0 Å². The minimum absolute atomic E-state index is 0.397. The van der Waals surface area contributed by atoms with Crippen molar-refractivity contribution >= 4 is 17.4 Å². The highest BCUT2D eigenvalue weighted by Gasteiger charge is 2.11. The first-order chi connectivity index (χ1) is 10.2. The predicted molar refractivity (Wildman–Crippen MR) is 85.9 cm³/mol. The minimum atomic E-state index is 0.397. The summed E-state index contributed by atoms with van der Waals surface area (Å²) in [5.74, 6) is 6.94. The van der Waals surface area contributed by atoms with Gasteiger partial charge in [-0.25, -0.2) is 5.84 Å². The average Bonchev–Trinajstić information content (AvgIpc) is 2.52. The third-order valence-corrected chi connectivity index (χ3v) is 3.80. The minimum Gasteiger partial charge on any atom is -0.481 e. The Bertz CT molecular complexity index is 605. The van der Waals surface area contributed by atoms with Gasteiger partial charge in [0.1, 0.15) is 6.61 Å². The van der Waals surface area contributed by atoms with E-state index in [9.17, 15) is 0 Å². The van der Waals surface area contributed by atoms with Gasteiger partial charge in [0.15, 0.2) is 0 Å². The van der Waals surface area contributed by atoms with Crippen molar-refractivity contribution in [2.75, 3.05) is 25.4 Å². The van der Waals surface area contributed by atoms with Gasteiger partial charge >= 0.3 is 0 Å². The van der Waals surface area contributed by atoms with Crippen molar-refractivity contribution in [1.82, 2.24) is 4.98 Å². The van der Waals surface area contributed by atoms with E-state index in [4.69, 9.17) is 15.3 Å². The molecule has 0 saturated heterocycles. The number of thioether (sulfide) groups is 1. The number of hydrogen-bond acceptors (Lipinski definition) is 6. The zero-order valence-corrected chi connectivity index (χ0v) is 13.2. The maximum Gasteiger partial charge on any atom is 0.216 e. The van der Waals surface area contributed by atoms with E-state index in [1.54, 1.807) is 36.0 Å². The molecule has 112 valence electrons. The monoisotopic (exact) mass is 305 g/mol. The van der Waals surface area contributed by atoms with Crippen LogP contribution in [0.25, 0.3) is 0 Å². The molecule has 1 aromatic heterocycles. The van der Waals surface area contributed by atoms with Crippen molar-refractivity contribution in [3.63, 3.8) is 0 Å². The van der Waals surface area contributed by atoms with Crippen LogP contribution in [-0.4, -0.2) is 25.4 Å². The molecule has 2 rings (SSSR count). The highest BCUT2D eigenvalue weighted by atomic mass is 32.2. The van der Waals surface area contributed by atoms with E-state index in [1.807, 2.05) is 31.5 Å². The smallest absolute Gasteiger partial charge is 0.216 e. The number of rotatable bonds is 6. The van der Waals surface area contributed by atoms with Gasteiger partial charge in [0.2, 0.25) is 11.8 Å². The molecule has 2 N–H and O–H groups in total. The second-order valence-corrected chi connectivity index (χ2v) is 5.22. The first-order valence-electron chi connectivity index (χ1n) is 6.44. The van der Waals surface area contributed by atoms with Gasteiger partial charge < -0.3 is 14.5 Å². The Kier molecular flexibility index (Phi) is 5.30. The lowest BCUT2D eigenvalue weighted by Crippen LogP contribution is -2.26. The molecule has 2 aromatic rings. The van der Waals surface area contributed by atoms with Crippen molar-refractivity contribution in [1.29, 1.82) is 0 Å². The van der Waals surface area contributed by atoms with Gasteiger partial charge in [0.05, 0.1) is 12.8 Å². The van der Waals surface area contributed by atoms with Crippen molar-refractivity contribution in [2.45, 2.75) is 11.5 Å². The Morgan fingerprint density at radius 2 is 1.90 bits per heavy atom. The van der Waals surface area contributed by atoms with Crippen LogP contribution in [0.1, 0.15) is 5.56 Å². The predicted octanol–water partition coefficient (Wildman–Crippen LogP) is 2.70. The second kappa shape index (κ2) is 7.19. The van der Waals surface area contributed by atoms with Gasteiger partial charge in [0.25, 0.3) is 0 Å². The van der Waals surface area contributed by atoms with Gasteiger partial charge in [-0.1, -0.05) is 12.1 Å². The van der Waals surface area contributed by atoms with Gasteiger partial charge in [-0.15, -0.1) is 11.8 Å². The third kappa shape index (κ3) is 3.80. The second-order valence-electron chi connectivity index (χ2n) is 4.38.